The van der Waals surface area contributed by atoms with E-state index in [0.717, 1.165) is 17.1 Å². The van der Waals surface area contributed by atoms with Gasteiger partial charge < -0.3 is 50.2 Å². The normalized spacial score (nSPS) is 43.2. The third-order valence-corrected chi connectivity index (χ3v) is 14.2. The number of fused-ring (bicyclic) bond motifs is 2. The van der Waals surface area contributed by atoms with Crippen molar-refractivity contribution in [2.75, 3.05) is 40.5 Å². The number of piperidine rings is 1. The van der Waals surface area contributed by atoms with Crippen molar-refractivity contribution in [2.45, 2.75) is 113 Å². The fraction of sp³-hybridized carbons (Fsp3) is 0.821. The molecule has 3 saturated carbocycles. The number of methoxy groups -OCH3 is 1. The van der Waals surface area contributed by atoms with Gasteiger partial charge in [-0.05, 0) is 43.4 Å². The van der Waals surface area contributed by atoms with Crippen LogP contribution in [0, 0.1) is 47.3 Å². The van der Waals surface area contributed by atoms with E-state index in [9.17, 15) is 49.8 Å². The molecule has 19 nitrogen and oxygen atoms in total. The fourth-order valence-corrected chi connectivity index (χ4v) is 11.2. The molecule has 14 N–H and O–H groups in total. The Kier molecular flexibility index (Phi) is 14.1. The monoisotopic (exact) mass is 824 g/mol. The molecular weight excluding hydrogens is 760 g/mol. The number of carbonyl (C=O) groups is 4. The summed E-state index contributed by atoms with van der Waals surface area (Å²) in [5, 5.41) is 73.1. The number of hydrogen-bond donors (Lipinski definition) is 11. The SMILES string of the molecule is C[NH+]=C(N)NC(CCO)C1C(C)CC2C(=O)C3CC(OC)CC(OC4OC(CO)C(O)(CC(CN5C(=O)C=CC5=O)C5CC[NH2+]C(N)C5)C(O)C4O)C3C(=O)C2C1O. The summed E-state index contributed by atoms with van der Waals surface area (Å²) < 4.78 is 18.1. The molecule has 2 saturated heterocycles. The molecule has 18 atom stereocenters. The molecule has 18 unspecified atom stereocenters. The molecule has 3 aliphatic heterocycles. The van der Waals surface area contributed by atoms with Gasteiger partial charge >= 0.3 is 5.96 Å². The van der Waals surface area contributed by atoms with Gasteiger partial charge in [0.2, 0.25) is 0 Å². The van der Waals surface area contributed by atoms with Crippen molar-refractivity contribution in [1.29, 1.82) is 0 Å². The van der Waals surface area contributed by atoms with E-state index in [2.05, 4.69) is 10.3 Å². The van der Waals surface area contributed by atoms with E-state index in [1.807, 2.05) is 12.2 Å². The summed E-state index contributed by atoms with van der Waals surface area (Å²) in [5.41, 5.74) is 10.00. The van der Waals surface area contributed by atoms with Gasteiger partial charge in [-0.1, -0.05) is 6.92 Å². The molecule has 0 spiro atoms. The van der Waals surface area contributed by atoms with Gasteiger partial charge in [0.15, 0.2) is 6.29 Å². The van der Waals surface area contributed by atoms with E-state index >= 15 is 0 Å². The van der Waals surface area contributed by atoms with Crippen LogP contribution in [0.3, 0.4) is 0 Å². The highest BCUT2D eigenvalue weighted by molar-refractivity contribution is 6.12. The Bertz CT molecular complexity index is 1560. The predicted octanol–water partition coefficient (Wildman–Crippen LogP) is -6.46. The summed E-state index contributed by atoms with van der Waals surface area (Å²) in [4.78, 5) is 58.1. The summed E-state index contributed by atoms with van der Waals surface area (Å²) in [6, 6.07) is -0.525. The summed E-state index contributed by atoms with van der Waals surface area (Å²) >= 11 is 0. The van der Waals surface area contributed by atoms with Gasteiger partial charge in [0, 0.05) is 69.4 Å². The van der Waals surface area contributed by atoms with Crippen molar-refractivity contribution >= 4 is 29.3 Å². The number of Topliss-reactive ketones (excluding diaryl/α,β-unsaturated/α-hetero) is 2. The lowest BCUT2D eigenvalue weighted by molar-refractivity contribution is -0.699. The van der Waals surface area contributed by atoms with Gasteiger partial charge in [-0.25, -0.2) is 0 Å². The maximum atomic E-state index is 14.7. The molecule has 0 radical (unpaired) electrons. The second-order valence-corrected chi connectivity index (χ2v) is 17.4. The summed E-state index contributed by atoms with van der Waals surface area (Å²) in [7, 11) is 3.09. The Morgan fingerprint density at radius 3 is 2.36 bits per heavy atom. The number of aliphatic hydroxyl groups excluding tert-OH is 5. The van der Waals surface area contributed by atoms with E-state index in [-0.39, 0.29) is 74.4 Å². The number of imide groups is 1. The van der Waals surface area contributed by atoms with Gasteiger partial charge in [-0.3, -0.25) is 45.9 Å². The lowest BCUT2D eigenvalue weighted by atomic mass is 9.53. The first-order valence-corrected chi connectivity index (χ1v) is 20.7. The number of ketones is 2. The van der Waals surface area contributed by atoms with Crippen LogP contribution in [0.2, 0.25) is 0 Å². The minimum absolute atomic E-state index is 0.0933. The molecule has 0 aromatic carbocycles. The van der Waals surface area contributed by atoms with E-state index in [4.69, 9.17) is 25.7 Å². The van der Waals surface area contributed by atoms with Crippen LogP contribution in [-0.2, 0) is 33.4 Å². The number of hydrogen-bond acceptors (Lipinski definition) is 14. The zero-order chi connectivity index (χ0) is 42.2. The van der Waals surface area contributed by atoms with Crippen molar-refractivity contribution < 1.29 is 74.3 Å². The van der Waals surface area contributed by atoms with Crippen LogP contribution in [0.15, 0.2) is 12.2 Å². The maximum Gasteiger partial charge on any atom is 0.341 e. The number of nitrogens with one attached hydrogen (secondary N) is 2. The second kappa shape index (κ2) is 18.3. The highest BCUT2D eigenvalue weighted by atomic mass is 16.7. The molecule has 326 valence electrons. The number of aliphatic hydroxyl groups is 6. The number of rotatable bonds is 13. The highest BCUT2D eigenvalue weighted by Crippen LogP contribution is 2.51. The van der Waals surface area contributed by atoms with E-state index < -0.39 is 108 Å². The fourth-order valence-electron chi connectivity index (χ4n) is 11.2. The minimum Gasteiger partial charge on any atom is -0.396 e. The smallest absolute Gasteiger partial charge is 0.341 e. The summed E-state index contributed by atoms with van der Waals surface area (Å²) in [6.45, 7) is 1.41. The Balaban J connectivity index is 1.24. The van der Waals surface area contributed by atoms with E-state index in [1.54, 1.807) is 7.05 Å². The Morgan fingerprint density at radius 2 is 1.74 bits per heavy atom. The molecule has 0 bridgehead atoms. The van der Waals surface area contributed by atoms with Crippen molar-refractivity contribution in [3.8, 4) is 0 Å². The number of amides is 2. The molecule has 0 aromatic heterocycles. The van der Waals surface area contributed by atoms with Crippen LogP contribution >= 0.6 is 0 Å². The second-order valence-electron chi connectivity index (χ2n) is 17.4. The Labute approximate surface area is 337 Å². The summed E-state index contributed by atoms with van der Waals surface area (Å²) in [6.07, 6.45) is -6.29. The molecule has 58 heavy (non-hydrogen) atoms. The third-order valence-electron chi connectivity index (χ3n) is 14.2. The molecule has 0 aromatic rings. The molecule has 3 heterocycles. The van der Waals surface area contributed by atoms with Crippen molar-refractivity contribution in [1.82, 2.24) is 10.2 Å². The molecule has 5 fully saturated rings. The van der Waals surface area contributed by atoms with Crippen molar-refractivity contribution in [3.05, 3.63) is 12.2 Å². The van der Waals surface area contributed by atoms with Gasteiger partial charge in [-0.15, -0.1) is 0 Å². The minimum atomic E-state index is -2.29. The molecular formula is C39H64N6O13+2. The number of guanidine groups is 1. The van der Waals surface area contributed by atoms with E-state index in [1.165, 1.54) is 7.11 Å². The van der Waals surface area contributed by atoms with Gasteiger partial charge in [0.05, 0.1) is 56.4 Å². The van der Waals surface area contributed by atoms with Crippen LogP contribution in [-0.4, -0.2) is 166 Å². The Hall–Kier alpha value is -2.95. The lowest BCUT2D eigenvalue weighted by Gasteiger charge is -2.54. The van der Waals surface area contributed by atoms with E-state index in [0.29, 0.717) is 25.8 Å². The number of carbonyl (C=O) groups excluding carboxylic acids is 4. The van der Waals surface area contributed by atoms with Crippen molar-refractivity contribution in [3.63, 3.8) is 0 Å². The van der Waals surface area contributed by atoms with Crippen molar-refractivity contribution in [2.24, 2.45) is 58.8 Å². The average Bonchev–Trinajstić information content (AvgIpc) is 3.51. The van der Waals surface area contributed by atoms with Crippen LogP contribution in [0.1, 0.15) is 51.9 Å². The molecule has 3 aliphatic carbocycles. The van der Waals surface area contributed by atoms with Crippen LogP contribution < -0.4 is 27.1 Å². The Morgan fingerprint density at radius 1 is 1.05 bits per heavy atom. The zero-order valence-corrected chi connectivity index (χ0v) is 33.5. The third kappa shape index (κ3) is 8.50. The topological polar surface area (TPSA) is 315 Å². The zero-order valence-electron chi connectivity index (χ0n) is 33.5. The number of nitrogens with zero attached hydrogens (tertiary/aromatic N) is 1. The summed E-state index contributed by atoms with van der Waals surface area (Å²) in [5.74, 6) is -6.79. The first-order valence-electron chi connectivity index (χ1n) is 20.7. The number of ether oxygens (including phenoxy) is 3. The highest BCUT2D eigenvalue weighted by Gasteiger charge is 2.63. The van der Waals surface area contributed by atoms with Crippen LogP contribution in [0.25, 0.3) is 0 Å². The first-order chi connectivity index (χ1) is 27.6. The number of nitrogens with two attached hydrogens (primary N) is 3. The molecule has 6 aliphatic rings. The van der Waals surface area contributed by atoms with Crippen LogP contribution in [0.5, 0.6) is 0 Å². The first kappa shape index (κ1) is 44.6. The quantitative estimate of drug-likeness (QED) is 0.0468. The maximum absolute atomic E-state index is 14.7. The van der Waals surface area contributed by atoms with Gasteiger partial charge in [-0.2, -0.15) is 0 Å². The average molecular weight is 825 g/mol. The number of quaternary nitrogens is 1. The molecule has 6 rings (SSSR count). The lowest BCUT2D eigenvalue weighted by Crippen LogP contribution is -2.94. The van der Waals surface area contributed by atoms with Gasteiger partial charge in [0.25, 0.3) is 11.8 Å². The molecule has 2 amide bonds. The predicted molar refractivity (Wildman–Crippen MR) is 201 cm³/mol. The molecule has 19 heteroatoms. The van der Waals surface area contributed by atoms with Gasteiger partial charge in [0.1, 0.15) is 41.6 Å². The van der Waals surface area contributed by atoms with Crippen LogP contribution in [0.4, 0.5) is 0 Å². The standard InChI is InChI=1S/C39H62N6O13/c1-17-10-21-31(33(51)29(17)23(7-9-46)44-38(41)42-2)34(52)30-22(32(21)50)12-20(56-3)13-24(30)57-37-35(53)36(54)39(55,25(16-47)58-37)14-19(18-6-8-43-26(40)11-18)15-45-27(48)4-5-28(45)49/h4-5,17-26,29-31,33,35-37,43,46-47,51,53-55H,6-16,40H2,1-3H3,(H3,41,42,44)/p+2. The largest absolute Gasteiger partial charge is 0.396 e.